The quantitative estimate of drug-likeness (QED) is 0.370. The number of carbonyl (C=O) groups is 2. The van der Waals surface area contributed by atoms with E-state index in [0.29, 0.717) is 30.0 Å². The van der Waals surface area contributed by atoms with E-state index in [-0.39, 0.29) is 10.6 Å². The van der Waals surface area contributed by atoms with E-state index < -0.39 is 28.6 Å². The maximum atomic E-state index is 13.0. The van der Waals surface area contributed by atoms with E-state index >= 15 is 0 Å². The van der Waals surface area contributed by atoms with Crippen molar-refractivity contribution in [3.8, 4) is 17.0 Å². The van der Waals surface area contributed by atoms with Crippen LogP contribution in [0.25, 0.3) is 11.3 Å². The molecule has 1 aromatic carbocycles. The van der Waals surface area contributed by atoms with Gasteiger partial charge in [-0.25, -0.2) is 22.0 Å². The van der Waals surface area contributed by atoms with E-state index in [1.54, 1.807) is 19.2 Å². The van der Waals surface area contributed by atoms with Gasteiger partial charge in [-0.2, -0.15) is 8.78 Å². The second-order valence-corrected chi connectivity index (χ2v) is 8.48. The van der Waals surface area contributed by atoms with Gasteiger partial charge in [0, 0.05) is 37.3 Å². The van der Waals surface area contributed by atoms with Gasteiger partial charge in [0.15, 0.2) is 0 Å². The van der Waals surface area contributed by atoms with Crippen LogP contribution >= 0.6 is 0 Å². The molecule has 186 valence electrons. The number of benzene rings is 1. The molecule has 2 heterocycles. The summed E-state index contributed by atoms with van der Waals surface area (Å²) in [6.45, 7) is -2.46. The lowest BCUT2D eigenvalue weighted by Gasteiger charge is -2.11. The van der Waals surface area contributed by atoms with Crippen molar-refractivity contribution in [2.45, 2.75) is 18.1 Å². The molecule has 3 rings (SSSR count). The molecule has 3 aromatic rings. The normalized spacial score (nSPS) is 11.2. The summed E-state index contributed by atoms with van der Waals surface area (Å²) in [6, 6.07) is 10.5. The summed E-state index contributed by atoms with van der Waals surface area (Å²) in [4.78, 5) is 23.0. The predicted molar refractivity (Wildman–Crippen MR) is 120 cm³/mol. The first-order chi connectivity index (χ1) is 16.5. The Morgan fingerprint density at radius 1 is 1.14 bits per heavy atom. The molecule has 13 heteroatoms. The molecule has 0 saturated carbocycles. The summed E-state index contributed by atoms with van der Waals surface area (Å²) >= 11 is 0. The molecule has 35 heavy (non-hydrogen) atoms. The lowest BCUT2D eigenvalue weighted by molar-refractivity contribution is -0.134. The van der Waals surface area contributed by atoms with E-state index in [9.17, 15) is 26.8 Å². The molecule has 0 saturated heterocycles. The number of alkyl halides is 2. The Bertz CT molecular complexity index is 1260. The highest BCUT2D eigenvalue weighted by atomic mass is 32.2. The van der Waals surface area contributed by atoms with Crippen LogP contribution < -0.4 is 10.1 Å². The third-order valence-corrected chi connectivity index (χ3v) is 5.82. The van der Waals surface area contributed by atoms with Crippen LogP contribution in [0.1, 0.15) is 5.56 Å². The van der Waals surface area contributed by atoms with Gasteiger partial charge in [-0.3, -0.25) is 4.98 Å². The van der Waals surface area contributed by atoms with Crippen LogP contribution in [0.5, 0.6) is 5.75 Å². The number of hydrogen-bond acceptors (Lipinski definition) is 7. The van der Waals surface area contributed by atoms with E-state index in [0.717, 1.165) is 5.56 Å². The van der Waals surface area contributed by atoms with E-state index in [4.69, 9.17) is 10.2 Å². The van der Waals surface area contributed by atoms with Crippen molar-refractivity contribution in [2.24, 2.45) is 0 Å². The summed E-state index contributed by atoms with van der Waals surface area (Å²) in [6.07, 6.45) is 5.41. The van der Waals surface area contributed by atoms with Gasteiger partial charge < -0.3 is 20.3 Å². The van der Waals surface area contributed by atoms with Gasteiger partial charge in [-0.1, -0.05) is 0 Å². The minimum Gasteiger partial charge on any atom is -0.478 e. The fraction of sp³-hybridized carbons (Fsp3) is 0.136. The molecule has 0 fully saturated rings. The van der Waals surface area contributed by atoms with Gasteiger partial charge in [-0.05, 0) is 60.6 Å². The molecule has 0 atom stereocenters. The Hall–Kier alpha value is -4.10. The SMILES string of the molecule is CNCc1cc(-c2ccc(OC(F)F)cc2)n(S(=O)(=O)c2cccnc2)c1.O=C(O)C=CC(=O)O. The molecule has 0 bridgehead atoms. The first kappa shape index (κ1) is 27.1. The van der Waals surface area contributed by atoms with Crippen LogP contribution in [0.4, 0.5) is 8.78 Å². The smallest absolute Gasteiger partial charge is 0.387 e. The van der Waals surface area contributed by atoms with Gasteiger partial charge in [0.05, 0.1) is 5.69 Å². The number of rotatable bonds is 9. The van der Waals surface area contributed by atoms with Crippen molar-refractivity contribution in [1.29, 1.82) is 0 Å². The van der Waals surface area contributed by atoms with Gasteiger partial charge in [-0.15, -0.1) is 0 Å². The first-order valence-corrected chi connectivity index (χ1v) is 11.2. The number of hydrogen-bond donors (Lipinski definition) is 3. The van der Waals surface area contributed by atoms with E-state index in [1.165, 1.54) is 52.9 Å². The molecule has 0 spiro atoms. The summed E-state index contributed by atoms with van der Waals surface area (Å²) in [5.41, 5.74) is 1.71. The van der Waals surface area contributed by atoms with E-state index in [1.807, 2.05) is 0 Å². The number of carboxylic acids is 2. The zero-order valence-electron chi connectivity index (χ0n) is 18.2. The Kier molecular flexibility index (Phi) is 9.61. The van der Waals surface area contributed by atoms with Crippen molar-refractivity contribution in [2.75, 3.05) is 7.05 Å². The number of pyridine rings is 1. The molecular weight excluding hydrogens is 488 g/mol. The van der Waals surface area contributed by atoms with Crippen LogP contribution in [0, 0.1) is 0 Å². The lowest BCUT2D eigenvalue weighted by atomic mass is 10.1. The van der Waals surface area contributed by atoms with Gasteiger partial charge in [0.1, 0.15) is 10.6 Å². The second-order valence-electron chi connectivity index (χ2n) is 6.67. The lowest BCUT2D eigenvalue weighted by Crippen LogP contribution is -2.13. The van der Waals surface area contributed by atoms with Crippen molar-refractivity contribution in [1.82, 2.24) is 14.3 Å². The van der Waals surface area contributed by atoms with Crippen molar-refractivity contribution >= 4 is 22.0 Å². The van der Waals surface area contributed by atoms with Crippen LogP contribution in [0.2, 0.25) is 0 Å². The molecule has 0 amide bonds. The van der Waals surface area contributed by atoms with Crippen LogP contribution in [0.3, 0.4) is 0 Å². The molecule has 0 aliphatic rings. The Morgan fingerprint density at radius 2 is 1.77 bits per heavy atom. The molecule has 0 aliphatic carbocycles. The number of ether oxygens (including phenoxy) is 1. The zero-order chi connectivity index (χ0) is 26.0. The maximum absolute atomic E-state index is 13.0. The molecule has 2 aromatic heterocycles. The first-order valence-electron chi connectivity index (χ1n) is 9.75. The molecule has 0 unspecified atom stereocenters. The number of carboxylic acid groups (broad SMARTS) is 2. The fourth-order valence-corrected chi connectivity index (χ4v) is 4.13. The standard InChI is InChI=1S/C18H17F2N3O3S.C4H4O4/c1-21-10-13-9-17(14-4-6-15(7-5-14)26-18(19)20)23(12-13)27(24,25)16-3-2-8-22-11-16;5-3(6)1-2-4(7)8/h2-9,11-12,18,21H,10H2,1H3;1-2H,(H,5,6)(H,7,8). The van der Waals surface area contributed by atoms with Crippen LogP contribution in [-0.2, 0) is 26.2 Å². The van der Waals surface area contributed by atoms with Gasteiger partial charge >= 0.3 is 18.6 Å². The van der Waals surface area contributed by atoms with Crippen LogP contribution in [-0.4, -0.2) is 53.2 Å². The minimum absolute atomic E-state index is 0.00239. The highest BCUT2D eigenvalue weighted by Crippen LogP contribution is 2.28. The van der Waals surface area contributed by atoms with Gasteiger partial charge in [0.25, 0.3) is 10.0 Å². The summed E-state index contributed by atoms with van der Waals surface area (Å²) in [5.74, 6) is -2.52. The molecule has 0 aliphatic heterocycles. The highest BCUT2D eigenvalue weighted by Gasteiger charge is 2.22. The second kappa shape index (κ2) is 12.4. The van der Waals surface area contributed by atoms with Gasteiger partial charge in [0.2, 0.25) is 0 Å². The molecular formula is C22H21F2N3O7S. The largest absolute Gasteiger partial charge is 0.478 e. The number of aromatic nitrogens is 2. The number of halogens is 2. The summed E-state index contributed by atoms with van der Waals surface area (Å²) < 4.78 is 56.2. The number of aliphatic carboxylic acids is 2. The monoisotopic (exact) mass is 509 g/mol. The number of nitrogens with one attached hydrogen (secondary N) is 1. The number of nitrogens with zero attached hydrogens (tertiary/aromatic N) is 2. The maximum Gasteiger partial charge on any atom is 0.387 e. The predicted octanol–water partition coefficient (Wildman–Crippen LogP) is 2.82. The highest BCUT2D eigenvalue weighted by molar-refractivity contribution is 7.90. The summed E-state index contributed by atoms with van der Waals surface area (Å²) in [7, 11) is -2.12. The summed E-state index contributed by atoms with van der Waals surface area (Å²) in [5, 5.41) is 18.6. The average molecular weight is 509 g/mol. The minimum atomic E-state index is -3.87. The zero-order valence-corrected chi connectivity index (χ0v) is 19.0. The Morgan fingerprint density at radius 3 is 2.26 bits per heavy atom. The average Bonchev–Trinajstić information content (AvgIpc) is 3.24. The van der Waals surface area contributed by atoms with Crippen molar-refractivity contribution in [3.05, 3.63) is 78.8 Å². The van der Waals surface area contributed by atoms with Crippen LogP contribution in [0.15, 0.2) is 78.1 Å². The third kappa shape index (κ3) is 8.01. The molecule has 10 nitrogen and oxygen atoms in total. The fourth-order valence-electron chi connectivity index (χ4n) is 2.77. The third-order valence-electron chi connectivity index (χ3n) is 4.16. The topological polar surface area (TPSA) is 148 Å². The van der Waals surface area contributed by atoms with Crippen molar-refractivity contribution < 1.29 is 41.7 Å². The Balaban J connectivity index is 0.000000466. The van der Waals surface area contributed by atoms with E-state index in [2.05, 4.69) is 15.0 Å². The van der Waals surface area contributed by atoms with Crippen molar-refractivity contribution in [3.63, 3.8) is 0 Å². The molecule has 0 radical (unpaired) electrons. The Labute approximate surface area is 199 Å². The molecule has 3 N–H and O–H groups in total.